The van der Waals surface area contributed by atoms with Crippen LogP contribution in [0.5, 0.6) is 6.01 Å². The smallest absolute Gasteiger partial charge is 0.323 e. The number of anilines is 2. The molecule has 0 aliphatic heterocycles. The molecule has 7 heteroatoms. The van der Waals surface area contributed by atoms with Gasteiger partial charge < -0.3 is 15.4 Å². The third-order valence-electron chi connectivity index (χ3n) is 2.78. The van der Waals surface area contributed by atoms with E-state index in [1.807, 2.05) is 19.9 Å². The van der Waals surface area contributed by atoms with Gasteiger partial charge in [-0.1, -0.05) is 13.0 Å². The average molecular weight is 307 g/mol. The van der Waals surface area contributed by atoms with Crippen LogP contribution < -0.4 is 15.4 Å². The maximum absolute atomic E-state index is 5.56. The first-order valence-electron chi connectivity index (χ1n) is 7.02. The monoisotopic (exact) mass is 307 g/mol. The van der Waals surface area contributed by atoms with Gasteiger partial charge in [-0.05, 0) is 31.7 Å². The van der Waals surface area contributed by atoms with E-state index < -0.39 is 0 Å². The first-order valence-corrected chi connectivity index (χ1v) is 7.90. The van der Waals surface area contributed by atoms with E-state index in [1.54, 1.807) is 18.4 Å². The van der Waals surface area contributed by atoms with Gasteiger partial charge in [-0.3, -0.25) is 0 Å². The van der Waals surface area contributed by atoms with Crippen LogP contribution in [0.4, 0.5) is 11.9 Å². The van der Waals surface area contributed by atoms with Crippen LogP contribution in [-0.4, -0.2) is 28.1 Å². The highest BCUT2D eigenvalue weighted by molar-refractivity contribution is 7.10. The van der Waals surface area contributed by atoms with E-state index in [2.05, 4.69) is 44.0 Å². The Morgan fingerprint density at radius 2 is 2.00 bits per heavy atom. The molecule has 0 saturated carbocycles. The van der Waals surface area contributed by atoms with Crippen molar-refractivity contribution in [2.75, 3.05) is 17.7 Å². The van der Waals surface area contributed by atoms with Crippen molar-refractivity contribution >= 4 is 23.2 Å². The van der Waals surface area contributed by atoms with Gasteiger partial charge >= 0.3 is 6.01 Å². The Hall–Kier alpha value is -1.89. The Labute approximate surface area is 129 Å². The summed E-state index contributed by atoms with van der Waals surface area (Å²) in [6.07, 6.45) is 0.964. The van der Waals surface area contributed by atoms with Crippen LogP contribution >= 0.6 is 11.3 Å². The standard InChI is InChI=1S/C14H21N5OS/c1-5-10(11-7-6-8-21-11)16-13-17-12(15-4)18-14(19-13)20-9(2)3/h6-10H,5H2,1-4H3,(H2,15,16,17,18,19). The van der Waals surface area contributed by atoms with Crippen molar-refractivity contribution in [3.63, 3.8) is 0 Å². The zero-order valence-corrected chi connectivity index (χ0v) is 13.6. The highest BCUT2D eigenvalue weighted by Crippen LogP contribution is 2.25. The van der Waals surface area contributed by atoms with Crippen LogP contribution in [0.1, 0.15) is 38.1 Å². The molecule has 2 heterocycles. The number of hydrogen-bond acceptors (Lipinski definition) is 7. The molecule has 114 valence electrons. The summed E-state index contributed by atoms with van der Waals surface area (Å²) in [4.78, 5) is 14.1. The molecule has 2 aromatic rings. The fraction of sp³-hybridized carbons (Fsp3) is 0.500. The SMILES string of the molecule is CCC(Nc1nc(NC)nc(OC(C)C)n1)c1cccs1. The summed E-state index contributed by atoms with van der Waals surface area (Å²) in [5.41, 5.74) is 0. The van der Waals surface area contributed by atoms with E-state index in [9.17, 15) is 0 Å². The third-order valence-corrected chi connectivity index (χ3v) is 3.76. The average Bonchev–Trinajstić information content (AvgIpc) is 2.97. The van der Waals surface area contributed by atoms with Crippen LogP contribution in [-0.2, 0) is 0 Å². The van der Waals surface area contributed by atoms with Crippen molar-refractivity contribution in [3.8, 4) is 6.01 Å². The molecule has 0 aliphatic rings. The molecule has 2 N–H and O–H groups in total. The molecule has 0 aromatic carbocycles. The fourth-order valence-electron chi connectivity index (χ4n) is 1.82. The van der Waals surface area contributed by atoms with Crippen molar-refractivity contribution in [2.45, 2.75) is 39.3 Å². The Balaban J connectivity index is 2.21. The molecule has 0 radical (unpaired) electrons. The van der Waals surface area contributed by atoms with Gasteiger partial charge in [-0.2, -0.15) is 15.0 Å². The molecule has 1 atom stereocenters. The predicted octanol–water partition coefficient (Wildman–Crippen LogP) is 3.33. The summed E-state index contributed by atoms with van der Waals surface area (Å²) < 4.78 is 5.56. The third kappa shape index (κ3) is 4.29. The van der Waals surface area contributed by atoms with Crippen molar-refractivity contribution in [1.82, 2.24) is 15.0 Å². The first-order chi connectivity index (χ1) is 10.1. The number of thiophene rings is 1. The van der Waals surface area contributed by atoms with Gasteiger partial charge in [0.05, 0.1) is 12.1 Å². The fourth-order valence-corrected chi connectivity index (χ4v) is 2.68. The minimum Gasteiger partial charge on any atom is -0.461 e. The Morgan fingerprint density at radius 1 is 1.24 bits per heavy atom. The Morgan fingerprint density at radius 3 is 2.57 bits per heavy atom. The van der Waals surface area contributed by atoms with E-state index in [0.29, 0.717) is 17.9 Å². The van der Waals surface area contributed by atoms with Crippen LogP contribution in [0.15, 0.2) is 17.5 Å². The first kappa shape index (κ1) is 15.5. The van der Waals surface area contributed by atoms with Gasteiger partial charge in [-0.25, -0.2) is 0 Å². The Bertz CT molecular complexity index is 558. The number of nitrogens with one attached hydrogen (secondary N) is 2. The quantitative estimate of drug-likeness (QED) is 0.817. The second-order valence-corrected chi connectivity index (χ2v) is 5.78. The second kappa shape index (κ2) is 7.21. The summed E-state index contributed by atoms with van der Waals surface area (Å²) in [7, 11) is 1.77. The van der Waals surface area contributed by atoms with Crippen molar-refractivity contribution in [2.24, 2.45) is 0 Å². The van der Waals surface area contributed by atoms with E-state index in [-0.39, 0.29) is 12.1 Å². The predicted molar refractivity (Wildman–Crippen MR) is 86.1 cm³/mol. The van der Waals surface area contributed by atoms with E-state index in [4.69, 9.17) is 4.74 Å². The summed E-state index contributed by atoms with van der Waals surface area (Å²) in [5.74, 6) is 1.01. The van der Waals surface area contributed by atoms with E-state index in [0.717, 1.165) is 6.42 Å². The molecule has 0 aliphatic carbocycles. The molecule has 1 unspecified atom stereocenters. The van der Waals surface area contributed by atoms with E-state index in [1.165, 1.54) is 4.88 Å². The number of hydrogen-bond donors (Lipinski definition) is 2. The van der Waals surface area contributed by atoms with Gasteiger partial charge in [0.25, 0.3) is 0 Å². The van der Waals surface area contributed by atoms with Gasteiger partial charge in [-0.15, -0.1) is 11.3 Å². The lowest BCUT2D eigenvalue weighted by atomic mass is 10.2. The molecule has 21 heavy (non-hydrogen) atoms. The summed E-state index contributed by atoms with van der Waals surface area (Å²) in [6, 6.07) is 4.67. The highest BCUT2D eigenvalue weighted by Gasteiger charge is 2.14. The zero-order chi connectivity index (χ0) is 15.2. The molecule has 6 nitrogen and oxygen atoms in total. The normalized spacial score (nSPS) is 12.2. The second-order valence-electron chi connectivity index (χ2n) is 4.80. The molecular formula is C14H21N5OS. The summed E-state index contributed by atoms with van der Waals surface area (Å²) >= 11 is 1.72. The van der Waals surface area contributed by atoms with Crippen LogP contribution in [0.25, 0.3) is 0 Å². The lowest BCUT2D eigenvalue weighted by Crippen LogP contribution is -2.15. The number of ether oxygens (including phenoxy) is 1. The van der Waals surface area contributed by atoms with Crippen LogP contribution in [0.3, 0.4) is 0 Å². The largest absolute Gasteiger partial charge is 0.461 e. The van der Waals surface area contributed by atoms with E-state index >= 15 is 0 Å². The number of aromatic nitrogens is 3. The molecule has 2 aromatic heterocycles. The van der Waals surface area contributed by atoms with Crippen molar-refractivity contribution in [3.05, 3.63) is 22.4 Å². The lowest BCUT2D eigenvalue weighted by Gasteiger charge is -2.16. The minimum atomic E-state index is 0.0178. The molecule has 0 spiro atoms. The molecule has 0 amide bonds. The van der Waals surface area contributed by atoms with Gasteiger partial charge in [0, 0.05) is 11.9 Å². The summed E-state index contributed by atoms with van der Waals surface area (Å²) in [5, 5.41) is 8.34. The number of nitrogens with zero attached hydrogens (tertiary/aromatic N) is 3. The molecular weight excluding hydrogens is 286 g/mol. The molecule has 0 saturated heterocycles. The topological polar surface area (TPSA) is 72.0 Å². The summed E-state index contributed by atoms with van der Waals surface area (Å²) in [6.45, 7) is 6.01. The van der Waals surface area contributed by atoms with Gasteiger partial charge in [0.2, 0.25) is 11.9 Å². The minimum absolute atomic E-state index is 0.0178. The van der Waals surface area contributed by atoms with Crippen molar-refractivity contribution < 1.29 is 4.74 Å². The lowest BCUT2D eigenvalue weighted by molar-refractivity contribution is 0.222. The van der Waals surface area contributed by atoms with Crippen molar-refractivity contribution in [1.29, 1.82) is 0 Å². The zero-order valence-electron chi connectivity index (χ0n) is 12.8. The van der Waals surface area contributed by atoms with Gasteiger partial charge in [0.1, 0.15) is 0 Å². The van der Waals surface area contributed by atoms with Crippen LogP contribution in [0.2, 0.25) is 0 Å². The number of rotatable bonds is 7. The maximum atomic E-state index is 5.56. The molecule has 0 fully saturated rings. The maximum Gasteiger partial charge on any atom is 0.323 e. The highest BCUT2D eigenvalue weighted by atomic mass is 32.1. The van der Waals surface area contributed by atoms with Gasteiger partial charge in [0.15, 0.2) is 0 Å². The molecule has 2 rings (SSSR count). The molecule has 0 bridgehead atoms. The Kier molecular flexibility index (Phi) is 5.32. The van der Waals surface area contributed by atoms with Crippen LogP contribution in [0, 0.1) is 0 Å².